The van der Waals surface area contributed by atoms with Crippen LogP contribution in [0.3, 0.4) is 0 Å². The van der Waals surface area contributed by atoms with Crippen LogP contribution in [0.4, 0.5) is 5.69 Å². The van der Waals surface area contributed by atoms with Gasteiger partial charge in [0.05, 0.1) is 11.8 Å². The van der Waals surface area contributed by atoms with Gasteiger partial charge < -0.3 is 10.1 Å². The van der Waals surface area contributed by atoms with E-state index in [0.29, 0.717) is 16.4 Å². The second kappa shape index (κ2) is 10.00. The van der Waals surface area contributed by atoms with E-state index in [0.717, 1.165) is 11.3 Å². The van der Waals surface area contributed by atoms with E-state index in [-0.39, 0.29) is 11.4 Å². The highest BCUT2D eigenvalue weighted by atomic mass is 32.1. The van der Waals surface area contributed by atoms with Crippen LogP contribution in [-0.4, -0.2) is 17.3 Å². The molecule has 0 atom stereocenters. The molecule has 0 radical (unpaired) electrons. The molecule has 0 aliphatic heterocycles. The lowest BCUT2D eigenvalue weighted by Gasteiger charge is -2.18. The highest BCUT2D eigenvalue weighted by Gasteiger charge is 2.15. The minimum absolute atomic E-state index is 0.0377. The van der Waals surface area contributed by atoms with Crippen LogP contribution in [0.5, 0.6) is 5.75 Å². The van der Waals surface area contributed by atoms with Gasteiger partial charge in [0.15, 0.2) is 5.11 Å². The van der Waals surface area contributed by atoms with Gasteiger partial charge in [-0.25, -0.2) is 4.79 Å². The lowest BCUT2D eigenvalue weighted by Crippen LogP contribution is -2.23. The Labute approximate surface area is 188 Å². The number of para-hydroxylation sites is 1. The molecule has 6 heteroatoms. The summed E-state index contributed by atoms with van der Waals surface area (Å²) in [4.78, 5) is 12.4. The van der Waals surface area contributed by atoms with Gasteiger partial charge in [-0.2, -0.15) is 5.10 Å². The van der Waals surface area contributed by atoms with Crippen molar-refractivity contribution in [3.63, 3.8) is 0 Å². The number of benzene rings is 3. The maximum absolute atomic E-state index is 12.4. The van der Waals surface area contributed by atoms with Gasteiger partial charge in [0.25, 0.3) is 0 Å². The number of hydrogen-bond acceptors (Lipinski definition) is 4. The van der Waals surface area contributed by atoms with Crippen LogP contribution in [0.1, 0.15) is 42.3 Å². The number of nitrogens with one attached hydrogen (secondary N) is 2. The van der Waals surface area contributed by atoms with Crippen LogP contribution in [0, 0.1) is 0 Å². The summed E-state index contributed by atoms with van der Waals surface area (Å²) in [5, 5.41) is 7.55. The Hall–Kier alpha value is -3.51. The third-order valence-electron chi connectivity index (χ3n) is 4.49. The van der Waals surface area contributed by atoms with Crippen LogP contribution >= 0.6 is 12.2 Å². The fourth-order valence-electron chi connectivity index (χ4n) is 2.74. The zero-order valence-corrected chi connectivity index (χ0v) is 18.6. The van der Waals surface area contributed by atoms with E-state index in [1.165, 1.54) is 5.56 Å². The molecule has 2 N–H and O–H groups in total. The standard InChI is InChI=1S/C25H25N3O2S/c1-25(2,3)20-13-11-19(12-14-20)23(29)30-22-15-9-18(10-16-22)17-26-28-24(31)27-21-7-5-4-6-8-21/h4-17H,1-3H3,(H2,27,28,31). The average molecular weight is 432 g/mol. The fraction of sp³-hybridized carbons (Fsp3) is 0.160. The summed E-state index contributed by atoms with van der Waals surface area (Å²) >= 11 is 5.20. The van der Waals surface area contributed by atoms with Crippen molar-refractivity contribution >= 4 is 35.2 Å². The molecule has 0 spiro atoms. The predicted molar refractivity (Wildman–Crippen MR) is 130 cm³/mol. The van der Waals surface area contributed by atoms with Crippen molar-refractivity contribution in [1.29, 1.82) is 0 Å². The van der Waals surface area contributed by atoms with Crippen LogP contribution in [0.15, 0.2) is 84.0 Å². The highest BCUT2D eigenvalue weighted by Crippen LogP contribution is 2.22. The Balaban J connectivity index is 1.52. The van der Waals surface area contributed by atoms with Gasteiger partial charge in [0.2, 0.25) is 0 Å². The smallest absolute Gasteiger partial charge is 0.343 e. The second-order valence-electron chi connectivity index (χ2n) is 7.98. The topological polar surface area (TPSA) is 62.7 Å². The Morgan fingerprint density at radius 2 is 1.58 bits per heavy atom. The van der Waals surface area contributed by atoms with E-state index in [4.69, 9.17) is 17.0 Å². The van der Waals surface area contributed by atoms with Gasteiger partial charge in [-0.05, 0) is 77.3 Å². The molecular weight excluding hydrogens is 406 g/mol. The normalized spacial score (nSPS) is 11.2. The molecule has 0 heterocycles. The van der Waals surface area contributed by atoms with E-state index >= 15 is 0 Å². The zero-order valence-electron chi connectivity index (χ0n) is 17.8. The van der Waals surface area contributed by atoms with Gasteiger partial charge in [0, 0.05) is 5.69 Å². The first-order valence-corrected chi connectivity index (χ1v) is 10.3. The summed E-state index contributed by atoms with van der Waals surface area (Å²) in [6.07, 6.45) is 1.63. The lowest BCUT2D eigenvalue weighted by atomic mass is 9.87. The Kier molecular flexibility index (Phi) is 7.15. The molecule has 0 aliphatic carbocycles. The first kappa shape index (κ1) is 22.2. The first-order valence-electron chi connectivity index (χ1n) is 9.89. The Bertz CT molecular complexity index is 1050. The molecule has 0 bridgehead atoms. The number of carbonyl (C=O) groups excluding carboxylic acids is 1. The molecule has 0 aromatic heterocycles. The van der Waals surface area contributed by atoms with Crippen molar-refractivity contribution in [3.05, 3.63) is 95.6 Å². The molecule has 0 aliphatic rings. The highest BCUT2D eigenvalue weighted by molar-refractivity contribution is 7.80. The number of rotatable bonds is 5. The Morgan fingerprint density at radius 3 is 2.19 bits per heavy atom. The molecule has 0 amide bonds. The van der Waals surface area contributed by atoms with Crippen LogP contribution in [0.25, 0.3) is 0 Å². The monoisotopic (exact) mass is 431 g/mol. The van der Waals surface area contributed by atoms with E-state index in [1.54, 1.807) is 30.5 Å². The van der Waals surface area contributed by atoms with E-state index < -0.39 is 0 Å². The molecule has 0 unspecified atom stereocenters. The molecular formula is C25H25N3O2S. The maximum atomic E-state index is 12.4. The summed E-state index contributed by atoms with van der Waals surface area (Å²) in [5.74, 6) is 0.0807. The molecule has 5 nitrogen and oxygen atoms in total. The Morgan fingerprint density at radius 1 is 0.935 bits per heavy atom. The number of thiocarbonyl (C=S) groups is 1. The number of nitrogens with zero attached hydrogens (tertiary/aromatic N) is 1. The van der Waals surface area contributed by atoms with Gasteiger partial charge >= 0.3 is 5.97 Å². The van der Waals surface area contributed by atoms with Crippen molar-refractivity contribution in [2.75, 3.05) is 5.32 Å². The predicted octanol–water partition coefficient (Wildman–Crippen LogP) is 5.52. The van der Waals surface area contributed by atoms with Crippen molar-refractivity contribution in [3.8, 4) is 5.75 Å². The van der Waals surface area contributed by atoms with Crippen LogP contribution in [-0.2, 0) is 5.41 Å². The number of hydrogen-bond donors (Lipinski definition) is 2. The van der Waals surface area contributed by atoms with Gasteiger partial charge in [0.1, 0.15) is 5.75 Å². The number of ether oxygens (including phenoxy) is 1. The average Bonchev–Trinajstić information content (AvgIpc) is 2.75. The van der Waals surface area contributed by atoms with Crippen molar-refractivity contribution in [2.45, 2.75) is 26.2 Å². The van der Waals surface area contributed by atoms with Gasteiger partial charge in [-0.1, -0.05) is 51.1 Å². The van der Waals surface area contributed by atoms with Gasteiger partial charge in [-0.15, -0.1) is 0 Å². The molecule has 3 aromatic carbocycles. The maximum Gasteiger partial charge on any atom is 0.343 e. The van der Waals surface area contributed by atoms with Crippen molar-refractivity contribution in [1.82, 2.24) is 5.43 Å². The van der Waals surface area contributed by atoms with Gasteiger partial charge in [-0.3, -0.25) is 5.43 Å². The first-order chi connectivity index (χ1) is 14.8. The third kappa shape index (κ3) is 6.76. The minimum Gasteiger partial charge on any atom is -0.423 e. The zero-order chi connectivity index (χ0) is 22.3. The van der Waals surface area contributed by atoms with Crippen LogP contribution in [0.2, 0.25) is 0 Å². The SMILES string of the molecule is CC(C)(C)c1ccc(C(=O)Oc2ccc(C=NNC(=S)Nc3ccccc3)cc2)cc1. The minimum atomic E-state index is -0.388. The molecule has 0 saturated carbocycles. The third-order valence-corrected chi connectivity index (χ3v) is 4.68. The number of carbonyl (C=O) groups is 1. The lowest BCUT2D eigenvalue weighted by molar-refractivity contribution is 0.0734. The number of esters is 1. The van der Waals surface area contributed by atoms with Crippen molar-refractivity contribution < 1.29 is 9.53 Å². The second-order valence-corrected chi connectivity index (χ2v) is 8.38. The molecule has 3 rings (SSSR count). The van der Waals surface area contributed by atoms with E-state index in [2.05, 4.69) is 36.6 Å². The van der Waals surface area contributed by atoms with E-state index in [9.17, 15) is 4.79 Å². The summed E-state index contributed by atoms with van der Waals surface area (Å²) in [6, 6.07) is 24.2. The summed E-state index contributed by atoms with van der Waals surface area (Å²) in [6.45, 7) is 6.40. The molecule has 158 valence electrons. The molecule has 0 fully saturated rings. The van der Waals surface area contributed by atoms with E-state index in [1.807, 2.05) is 54.6 Å². The largest absolute Gasteiger partial charge is 0.423 e. The molecule has 0 saturated heterocycles. The quantitative estimate of drug-likeness (QED) is 0.183. The molecule has 3 aromatic rings. The summed E-state index contributed by atoms with van der Waals surface area (Å²) in [5.41, 5.74) is 6.21. The fourth-order valence-corrected chi connectivity index (χ4v) is 2.91. The number of hydrazone groups is 1. The summed E-state index contributed by atoms with van der Waals surface area (Å²) in [7, 11) is 0. The van der Waals surface area contributed by atoms with Crippen molar-refractivity contribution in [2.24, 2.45) is 5.10 Å². The summed E-state index contributed by atoms with van der Waals surface area (Å²) < 4.78 is 5.46. The number of anilines is 1. The van der Waals surface area contributed by atoms with Crippen LogP contribution < -0.4 is 15.5 Å². The molecule has 31 heavy (non-hydrogen) atoms.